The van der Waals surface area contributed by atoms with Crippen LogP contribution in [-0.2, 0) is 15.0 Å². The molecular formula is C29H33Cl2F2N3O3. The van der Waals surface area contributed by atoms with E-state index in [1.165, 1.54) is 30.3 Å². The Bertz CT molecular complexity index is 1310. The largest absolute Gasteiger partial charge is 0.393 e. The number of hydrogen-bond acceptors (Lipinski definition) is 4. The van der Waals surface area contributed by atoms with Crippen LogP contribution in [0.1, 0.15) is 69.9 Å². The normalized spacial score (nSPS) is 30.4. The Labute approximate surface area is 236 Å². The molecule has 2 aromatic rings. The number of carbonyl (C=O) groups is 2. The molecule has 2 aliphatic heterocycles. The SMILES string of the molecule is CC(C)(C)C[C@H]1N[C@@H](C(=O)NC2CCC(O)CC2)[C@H](c2ccc(F)c(Cl)c2)[C@@]12C(=O)Nc1cc(Cl)c(F)cc12. The number of carbonyl (C=O) groups excluding carboxylic acids is 2. The van der Waals surface area contributed by atoms with Gasteiger partial charge in [-0.15, -0.1) is 0 Å². The second-order valence-corrected chi connectivity index (χ2v) is 13.1. The third-order valence-corrected chi connectivity index (χ3v) is 8.91. The minimum absolute atomic E-state index is 0.125. The van der Waals surface area contributed by atoms with Gasteiger partial charge in [0, 0.05) is 23.7 Å². The molecule has 0 unspecified atom stereocenters. The predicted molar refractivity (Wildman–Crippen MR) is 147 cm³/mol. The van der Waals surface area contributed by atoms with Crippen molar-refractivity contribution in [1.29, 1.82) is 0 Å². The summed E-state index contributed by atoms with van der Waals surface area (Å²) in [5.74, 6) is -2.83. The second kappa shape index (κ2) is 10.3. The lowest BCUT2D eigenvalue weighted by Crippen LogP contribution is -2.49. The Kier molecular flexibility index (Phi) is 7.46. The maximum Gasteiger partial charge on any atom is 0.238 e. The fourth-order valence-electron chi connectivity index (χ4n) is 6.65. The van der Waals surface area contributed by atoms with Crippen molar-refractivity contribution in [3.05, 3.63) is 63.1 Å². The maximum absolute atomic E-state index is 15.0. The number of hydrogen-bond donors (Lipinski definition) is 4. The van der Waals surface area contributed by atoms with E-state index in [2.05, 4.69) is 16.0 Å². The van der Waals surface area contributed by atoms with Gasteiger partial charge in [-0.2, -0.15) is 0 Å². The minimum atomic E-state index is -1.40. The molecule has 10 heteroatoms. The van der Waals surface area contributed by atoms with Gasteiger partial charge in [-0.05, 0) is 72.9 Å². The van der Waals surface area contributed by atoms with Crippen molar-refractivity contribution in [1.82, 2.24) is 10.6 Å². The molecule has 4 N–H and O–H groups in total. The highest BCUT2D eigenvalue weighted by Gasteiger charge is 2.66. The summed E-state index contributed by atoms with van der Waals surface area (Å²) in [5, 5.41) is 19.1. The third kappa shape index (κ3) is 5.05. The van der Waals surface area contributed by atoms with Gasteiger partial charge in [0.1, 0.15) is 17.0 Å². The summed E-state index contributed by atoms with van der Waals surface area (Å²) in [6, 6.07) is 5.26. The number of amides is 2. The summed E-state index contributed by atoms with van der Waals surface area (Å²) >= 11 is 12.3. The number of anilines is 1. The molecule has 2 aromatic carbocycles. The first kappa shape index (κ1) is 28.3. The van der Waals surface area contributed by atoms with Crippen LogP contribution in [0.5, 0.6) is 0 Å². The monoisotopic (exact) mass is 579 g/mol. The highest BCUT2D eigenvalue weighted by molar-refractivity contribution is 6.31. The summed E-state index contributed by atoms with van der Waals surface area (Å²) in [7, 11) is 0. The van der Waals surface area contributed by atoms with E-state index in [1.807, 2.05) is 20.8 Å². The molecule has 0 bridgehead atoms. The zero-order valence-corrected chi connectivity index (χ0v) is 23.6. The van der Waals surface area contributed by atoms with Gasteiger partial charge in [-0.3, -0.25) is 9.59 Å². The molecule has 3 aliphatic rings. The van der Waals surface area contributed by atoms with E-state index in [0.29, 0.717) is 48.9 Å². The van der Waals surface area contributed by atoms with Gasteiger partial charge in [0.15, 0.2) is 0 Å². The molecule has 6 nitrogen and oxygen atoms in total. The van der Waals surface area contributed by atoms with Crippen molar-refractivity contribution in [3.8, 4) is 0 Å². The molecule has 39 heavy (non-hydrogen) atoms. The van der Waals surface area contributed by atoms with E-state index in [4.69, 9.17) is 23.2 Å². The average Bonchev–Trinajstić information content (AvgIpc) is 3.32. The zero-order chi connectivity index (χ0) is 28.3. The predicted octanol–water partition coefficient (Wildman–Crippen LogP) is 5.44. The highest BCUT2D eigenvalue weighted by atomic mass is 35.5. The number of aliphatic hydroxyl groups is 1. The number of nitrogens with one attached hydrogen (secondary N) is 3. The van der Waals surface area contributed by atoms with Crippen LogP contribution in [0.15, 0.2) is 30.3 Å². The van der Waals surface area contributed by atoms with Gasteiger partial charge < -0.3 is 21.1 Å². The van der Waals surface area contributed by atoms with Crippen LogP contribution in [0.3, 0.4) is 0 Å². The molecule has 1 saturated carbocycles. The summed E-state index contributed by atoms with van der Waals surface area (Å²) in [5.41, 5.74) is -0.401. The minimum Gasteiger partial charge on any atom is -0.393 e. The molecule has 1 aliphatic carbocycles. The topological polar surface area (TPSA) is 90.5 Å². The van der Waals surface area contributed by atoms with E-state index in [-0.39, 0.29) is 39.4 Å². The van der Waals surface area contributed by atoms with Crippen LogP contribution in [0.4, 0.5) is 14.5 Å². The fraction of sp³-hybridized carbons (Fsp3) is 0.517. The van der Waals surface area contributed by atoms with Crippen LogP contribution in [-0.4, -0.2) is 41.2 Å². The van der Waals surface area contributed by atoms with Gasteiger partial charge in [0.2, 0.25) is 11.8 Å². The van der Waals surface area contributed by atoms with E-state index >= 15 is 0 Å². The Morgan fingerprint density at radius 2 is 1.74 bits per heavy atom. The van der Waals surface area contributed by atoms with Crippen LogP contribution in [0, 0.1) is 17.0 Å². The average molecular weight is 581 g/mol. The Morgan fingerprint density at radius 3 is 2.38 bits per heavy atom. The molecule has 2 heterocycles. The fourth-order valence-corrected chi connectivity index (χ4v) is 7.00. The molecule has 1 spiro atoms. The summed E-state index contributed by atoms with van der Waals surface area (Å²) in [6.45, 7) is 6.09. The van der Waals surface area contributed by atoms with Gasteiger partial charge in [-0.1, -0.05) is 50.0 Å². The first-order chi connectivity index (χ1) is 18.3. The molecule has 210 valence electrons. The number of aliphatic hydroxyl groups excluding tert-OH is 1. The molecule has 1 saturated heterocycles. The summed E-state index contributed by atoms with van der Waals surface area (Å²) in [6.07, 6.45) is 2.55. The van der Waals surface area contributed by atoms with Crippen molar-refractivity contribution in [2.45, 2.75) is 88.4 Å². The highest BCUT2D eigenvalue weighted by Crippen LogP contribution is 2.57. The van der Waals surface area contributed by atoms with Crippen LogP contribution >= 0.6 is 23.2 Å². The van der Waals surface area contributed by atoms with Crippen molar-refractivity contribution in [2.24, 2.45) is 5.41 Å². The number of benzene rings is 2. The molecule has 2 fully saturated rings. The molecule has 0 aromatic heterocycles. The van der Waals surface area contributed by atoms with Crippen LogP contribution < -0.4 is 16.0 Å². The van der Waals surface area contributed by atoms with Crippen LogP contribution in [0.2, 0.25) is 10.0 Å². The Balaban J connectivity index is 1.68. The lowest BCUT2D eigenvalue weighted by Gasteiger charge is -2.37. The standard InChI is InChI=1S/C29H33Cl2F2N3O3/c1-28(2,3)13-23-29(17-11-21(33)19(31)12-22(17)35-27(29)39)24(14-4-9-20(32)18(30)10-14)25(36-23)26(38)34-15-5-7-16(37)8-6-15/h4,9-12,15-16,23-25,36-37H,5-8,13H2,1-3H3,(H,34,38)(H,35,39)/t15?,16?,23-,24+,25-,29+/m1/s1. The van der Waals surface area contributed by atoms with Crippen molar-refractivity contribution < 1.29 is 23.5 Å². The molecule has 2 amide bonds. The lowest BCUT2D eigenvalue weighted by molar-refractivity contribution is -0.124. The first-order valence-electron chi connectivity index (χ1n) is 13.3. The maximum atomic E-state index is 15.0. The first-order valence-corrected chi connectivity index (χ1v) is 14.1. The molecule has 5 rings (SSSR count). The second-order valence-electron chi connectivity index (χ2n) is 12.3. The Morgan fingerprint density at radius 1 is 1.08 bits per heavy atom. The number of fused-ring (bicyclic) bond motifs is 2. The van der Waals surface area contributed by atoms with Crippen molar-refractivity contribution in [2.75, 3.05) is 5.32 Å². The van der Waals surface area contributed by atoms with Crippen molar-refractivity contribution in [3.63, 3.8) is 0 Å². The smallest absolute Gasteiger partial charge is 0.238 e. The van der Waals surface area contributed by atoms with Gasteiger partial charge in [-0.25, -0.2) is 8.78 Å². The molecule has 4 atom stereocenters. The number of halogens is 4. The molecular weight excluding hydrogens is 547 g/mol. The van der Waals surface area contributed by atoms with E-state index in [0.717, 1.165) is 0 Å². The summed E-state index contributed by atoms with van der Waals surface area (Å²) < 4.78 is 29.3. The number of rotatable bonds is 4. The van der Waals surface area contributed by atoms with Crippen molar-refractivity contribution >= 4 is 40.7 Å². The van der Waals surface area contributed by atoms with E-state index in [9.17, 15) is 23.5 Å². The van der Waals surface area contributed by atoms with Gasteiger partial charge in [0.25, 0.3) is 0 Å². The van der Waals surface area contributed by atoms with E-state index in [1.54, 1.807) is 0 Å². The van der Waals surface area contributed by atoms with Gasteiger partial charge in [0.05, 0.1) is 22.2 Å². The third-order valence-electron chi connectivity index (χ3n) is 8.33. The zero-order valence-electron chi connectivity index (χ0n) is 22.1. The summed E-state index contributed by atoms with van der Waals surface area (Å²) in [4.78, 5) is 28.1. The van der Waals surface area contributed by atoms with Crippen LogP contribution in [0.25, 0.3) is 0 Å². The van der Waals surface area contributed by atoms with E-state index < -0.39 is 35.1 Å². The quantitative estimate of drug-likeness (QED) is 0.388. The van der Waals surface area contributed by atoms with Gasteiger partial charge >= 0.3 is 0 Å². The molecule has 0 radical (unpaired) electrons. The Hall–Kier alpha value is -2.26. The lowest BCUT2D eigenvalue weighted by atomic mass is 9.62.